The summed E-state index contributed by atoms with van der Waals surface area (Å²) < 4.78 is 57.4. The first kappa shape index (κ1) is 48.3. The van der Waals surface area contributed by atoms with Crippen LogP contribution in [-0.4, -0.2) is 82.7 Å². The fraction of sp³-hybridized carbons (Fsp3) is 0.891. The van der Waals surface area contributed by atoms with Gasteiger partial charge in [0.15, 0.2) is 6.61 Å². The van der Waals surface area contributed by atoms with E-state index in [1.165, 1.54) is 38.5 Å². The van der Waals surface area contributed by atoms with E-state index in [1.54, 1.807) is 4.90 Å². The molecule has 336 valence electrons. The first-order valence-electron chi connectivity index (χ1n) is 23.0. The van der Waals surface area contributed by atoms with Gasteiger partial charge < -0.3 is 13.9 Å². The van der Waals surface area contributed by atoms with Crippen molar-refractivity contribution >= 4 is 20.3 Å². The molecule has 9 nitrogen and oxygen atoms in total. The van der Waals surface area contributed by atoms with Gasteiger partial charge in [-0.3, -0.25) is 14.4 Å². The van der Waals surface area contributed by atoms with E-state index in [0.717, 1.165) is 36.2 Å². The minimum Gasteiger partial charge on any atom is -0.335 e. The van der Waals surface area contributed by atoms with Crippen LogP contribution in [0.2, 0.25) is 0 Å². The van der Waals surface area contributed by atoms with E-state index in [-0.39, 0.29) is 49.2 Å². The molecule has 0 aromatic heterocycles. The van der Waals surface area contributed by atoms with E-state index < -0.39 is 39.2 Å². The zero-order valence-electron chi connectivity index (χ0n) is 37.9. The molecular formula is C46H76F3N4O5P. The van der Waals surface area contributed by atoms with Gasteiger partial charge >= 0.3 is 12.1 Å². The Kier molecular flexibility index (Phi) is 16.5. The first-order chi connectivity index (χ1) is 27.8. The zero-order valence-corrected chi connectivity index (χ0v) is 38.8. The van der Waals surface area contributed by atoms with Gasteiger partial charge in [-0.1, -0.05) is 72.5 Å². The van der Waals surface area contributed by atoms with Crippen LogP contribution in [0.5, 0.6) is 0 Å². The highest BCUT2D eigenvalue weighted by Crippen LogP contribution is 2.67. The zero-order chi connectivity index (χ0) is 43.4. The van der Waals surface area contributed by atoms with Gasteiger partial charge in [0.25, 0.3) is 14.4 Å². The van der Waals surface area contributed by atoms with E-state index >= 15 is 0 Å². The normalized spacial score (nSPS) is 33.1. The number of likely N-dealkylation sites (tertiary alicyclic amines) is 1. The number of fused-ring (bicyclic) bond motifs is 5. The summed E-state index contributed by atoms with van der Waals surface area (Å²) in [4.78, 5) is 34.2. The predicted octanol–water partition coefficient (Wildman–Crippen LogP) is 11.4. The quantitative estimate of drug-likeness (QED) is 0.0586. The molecule has 13 heteroatoms. The molecule has 5 rings (SSSR count). The second-order valence-electron chi connectivity index (χ2n) is 20.2. The third-order valence-corrected chi connectivity index (χ3v) is 17.6. The molecule has 1 heterocycles. The Hall–Kier alpha value is -1.77. The summed E-state index contributed by atoms with van der Waals surface area (Å²) >= 11 is 0. The number of hydrogen-bond acceptors (Lipinski definition) is 7. The first-order valence-corrected chi connectivity index (χ1v) is 24.2. The van der Waals surface area contributed by atoms with Crippen LogP contribution in [-0.2, 0) is 23.5 Å². The minimum atomic E-state index is -5.14. The van der Waals surface area contributed by atoms with Crippen molar-refractivity contribution in [3.63, 3.8) is 0 Å². The summed E-state index contributed by atoms with van der Waals surface area (Å²) in [5.74, 6) is 1.39. The molecular weight excluding hydrogens is 776 g/mol. The minimum absolute atomic E-state index is 0.106. The molecule has 0 bridgehead atoms. The molecule has 0 radical (unpaired) electrons. The highest BCUT2D eigenvalue weighted by atomic mass is 31.2. The van der Waals surface area contributed by atoms with Gasteiger partial charge in [0.05, 0.1) is 31.2 Å². The number of carbonyl (C=O) groups is 2. The molecule has 59 heavy (non-hydrogen) atoms. The summed E-state index contributed by atoms with van der Waals surface area (Å²) in [7, 11) is -1.54. The number of allylic oxidation sites excluding steroid dienone is 1. The van der Waals surface area contributed by atoms with Gasteiger partial charge in [0.1, 0.15) is 0 Å². The molecule has 5 aliphatic rings. The number of carbonyl (C=O) groups excluding carboxylic acids is 2. The van der Waals surface area contributed by atoms with Crippen molar-refractivity contribution in [3.8, 4) is 6.07 Å². The van der Waals surface area contributed by atoms with Crippen molar-refractivity contribution in [2.24, 2.45) is 46.3 Å². The summed E-state index contributed by atoms with van der Waals surface area (Å²) in [5.41, 5.74) is 1.37. The maximum absolute atomic E-state index is 14.2. The topological polar surface area (TPSA) is 95.3 Å². The van der Waals surface area contributed by atoms with E-state index in [9.17, 15) is 22.8 Å². The van der Waals surface area contributed by atoms with Crippen LogP contribution >= 0.6 is 8.53 Å². The molecule has 0 spiro atoms. The van der Waals surface area contributed by atoms with Crippen LogP contribution in [0.15, 0.2) is 11.6 Å². The van der Waals surface area contributed by atoms with Gasteiger partial charge in [-0.2, -0.15) is 18.4 Å². The standard InChI is InChI=1S/C46H76F3N4O5P/c1-11-35-27-37(58-59(57-25-13-24-50)53(31(4)5)32(6)7)28-51(35)42(54)29-56-52(43(55)46(47,48)49)36-20-22-44(9)34(26-36)16-17-38-40-19-18-39(33(8)15-12-14-30(2)3)45(40,10)23-21-41(38)44/h16,30-33,35-41H,11-15,17-23,25-29H2,1-10H3/t33-,35-,36?,37-,38+,39-,40+,41+,44+,45-,59?/m1/s1. The van der Waals surface area contributed by atoms with Gasteiger partial charge in [-0.05, 0) is 138 Å². The van der Waals surface area contributed by atoms with Crippen LogP contribution in [0, 0.1) is 57.7 Å². The van der Waals surface area contributed by atoms with Crippen molar-refractivity contribution in [1.29, 1.82) is 5.26 Å². The van der Waals surface area contributed by atoms with Crippen LogP contribution in [0.25, 0.3) is 0 Å². The van der Waals surface area contributed by atoms with Crippen molar-refractivity contribution in [1.82, 2.24) is 14.6 Å². The number of hydrogen-bond donors (Lipinski definition) is 0. The Balaban J connectivity index is 1.25. The van der Waals surface area contributed by atoms with Crippen LogP contribution in [0.1, 0.15) is 159 Å². The highest BCUT2D eigenvalue weighted by molar-refractivity contribution is 7.44. The predicted molar refractivity (Wildman–Crippen MR) is 226 cm³/mol. The maximum Gasteiger partial charge on any atom is 0.473 e. The number of alkyl halides is 3. The summed E-state index contributed by atoms with van der Waals surface area (Å²) in [6, 6.07) is 1.30. The van der Waals surface area contributed by atoms with Crippen molar-refractivity contribution in [3.05, 3.63) is 11.6 Å². The molecule has 0 aromatic rings. The number of rotatable bonds is 18. The third-order valence-electron chi connectivity index (χ3n) is 15.4. The molecule has 4 aliphatic carbocycles. The van der Waals surface area contributed by atoms with E-state index in [4.69, 9.17) is 19.1 Å². The molecule has 1 aliphatic heterocycles. The van der Waals surface area contributed by atoms with Gasteiger partial charge in [0, 0.05) is 24.7 Å². The summed E-state index contributed by atoms with van der Waals surface area (Å²) in [6.07, 6.45) is 9.32. The fourth-order valence-electron chi connectivity index (χ4n) is 12.6. The Morgan fingerprint density at radius 1 is 1.02 bits per heavy atom. The molecule has 3 saturated carbocycles. The Morgan fingerprint density at radius 3 is 2.36 bits per heavy atom. The molecule has 0 aromatic carbocycles. The number of nitrogens with zero attached hydrogens (tertiary/aromatic N) is 4. The second kappa shape index (κ2) is 20.2. The number of amides is 2. The molecule has 2 amide bonds. The number of hydroxylamine groups is 2. The fourth-order valence-corrected chi connectivity index (χ4v) is 14.3. The van der Waals surface area contributed by atoms with Crippen LogP contribution in [0.4, 0.5) is 13.2 Å². The lowest BCUT2D eigenvalue weighted by atomic mass is 9.47. The second-order valence-corrected chi connectivity index (χ2v) is 21.6. The largest absolute Gasteiger partial charge is 0.473 e. The van der Waals surface area contributed by atoms with Crippen LogP contribution < -0.4 is 0 Å². The third kappa shape index (κ3) is 10.7. The average Bonchev–Trinajstić information content (AvgIpc) is 3.74. The number of halogens is 3. The lowest BCUT2D eigenvalue weighted by Crippen LogP contribution is -2.54. The lowest BCUT2D eigenvalue weighted by Gasteiger charge is -2.59. The number of nitriles is 1. The molecule has 4 fully saturated rings. The van der Waals surface area contributed by atoms with Crippen LogP contribution in [0.3, 0.4) is 0 Å². The van der Waals surface area contributed by atoms with E-state index in [1.807, 2.05) is 6.92 Å². The van der Waals surface area contributed by atoms with E-state index in [0.29, 0.717) is 60.3 Å². The van der Waals surface area contributed by atoms with Crippen molar-refractivity contribution in [2.45, 2.75) is 196 Å². The molecule has 2 unspecified atom stereocenters. The Morgan fingerprint density at radius 2 is 1.73 bits per heavy atom. The Bertz CT molecular complexity index is 1500. The monoisotopic (exact) mass is 853 g/mol. The van der Waals surface area contributed by atoms with Crippen molar-refractivity contribution in [2.75, 3.05) is 19.8 Å². The Labute approximate surface area is 355 Å². The molecule has 1 saturated heterocycles. The lowest BCUT2D eigenvalue weighted by molar-refractivity contribution is -0.242. The SMILES string of the molecule is CC[C@@H]1C[C@@H](OP(OCCC#N)N(C(C)C)C(C)C)CN1C(=O)CON(C(=O)C(F)(F)F)C1CC[C@@]2(C)C(=CC[C@H]3[C@@H]4CC[C@H]([C@H](C)CCCC(C)C)[C@@]4(C)CC[C@@H]32)C1. The van der Waals surface area contributed by atoms with Gasteiger partial charge in [-0.15, -0.1) is 0 Å². The highest BCUT2D eigenvalue weighted by Gasteiger charge is 2.60. The smallest absolute Gasteiger partial charge is 0.335 e. The summed E-state index contributed by atoms with van der Waals surface area (Å²) in [6.45, 7) is 21.9. The van der Waals surface area contributed by atoms with Crippen molar-refractivity contribution < 1.29 is 36.6 Å². The maximum atomic E-state index is 14.2. The van der Waals surface area contributed by atoms with E-state index in [2.05, 4.69) is 79.1 Å². The molecule has 11 atom stereocenters. The van der Waals surface area contributed by atoms with Gasteiger partial charge in [-0.25, -0.2) is 9.73 Å². The summed E-state index contributed by atoms with van der Waals surface area (Å²) in [5, 5.41) is 9.60. The molecule has 0 N–H and O–H groups in total. The average molecular weight is 853 g/mol. The van der Waals surface area contributed by atoms with Gasteiger partial charge in [0.2, 0.25) is 0 Å².